The van der Waals surface area contributed by atoms with Crippen LogP contribution in [-0.4, -0.2) is 65.7 Å². The van der Waals surface area contributed by atoms with Crippen molar-refractivity contribution in [2.75, 3.05) is 46.0 Å². The van der Waals surface area contributed by atoms with E-state index in [-0.39, 0.29) is 0 Å². The normalized spacial score (nSPS) is 37.1. The van der Waals surface area contributed by atoms with E-state index in [0.717, 1.165) is 43.0 Å². The zero-order valence-corrected chi connectivity index (χ0v) is 22.7. The minimum absolute atomic E-state index is 0.798. The van der Waals surface area contributed by atoms with Crippen molar-refractivity contribution < 1.29 is 0 Å². The molecule has 4 unspecified atom stereocenters. The van der Waals surface area contributed by atoms with E-state index in [9.17, 15) is 0 Å². The Kier molecular flexibility index (Phi) is 12.7. The van der Waals surface area contributed by atoms with Gasteiger partial charge in [0.1, 0.15) is 0 Å². The second kappa shape index (κ2) is 14.1. The number of hydrogen-bond donors (Lipinski definition) is 2. The molecule has 0 amide bonds. The molecule has 0 spiro atoms. The lowest BCUT2D eigenvalue weighted by Gasteiger charge is -2.28. The molecule has 3 aliphatic rings. The summed E-state index contributed by atoms with van der Waals surface area (Å²) in [5, 5.41) is 1.67. The average molecular weight is 519 g/mol. The Morgan fingerprint density at radius 2 is 1.22 bits per heavy atom. The average Bonchev–Trinajstić information content (AvgIpc) is 3.33. The first-order chi connectivity index (χ1) is 13.3. The molecule has 0 aromatic carbocycles. The highest BCUT2D eigenvalue weighted by atomic mass is 32.2. The van der Waals surface area contributed by atoms with Crippen LogP contribution < -0.4 is 0 Å². The summed E-state index contributed by atoms with van der Waals surface area (Å²) in [6.07, 6.45) is 7.23. The zero-order chi connectivity index (χ0) is 18.9. The van der Waals surface area contributed by atoms with Crippen LogP contribution in [0.1, 0.15) is 32.1 Å². The standard InChI is InChI=1S/C19H34S8/c20-6-5-16-10-24-18(26-16)12-22-8-14-1-3-15(4-2-14)9-23-13-19-25-11-17(7-21)27-19/h14-21H,1-13H2. The number of thiol groups is 2. The van der Waals surface area contributed by atoms with E-state index in [0.29, 0.717) is 0 Å². The maximum atomic E-state index is 4.45. The van der Waals surface area contributed by atoms with Crippen LogP contribution in [0.2, 0.25) is 0 Å². The van der Waals surface area contributed by atoms with E-state index >= 15 is 0 Å². The Balaban J connectivity index is 1.18. The van der Waals surface area contributed by atoms with Gasteiger partial charge in [0.25, 0.3) is 0 Å². The molecule has 0 radical (unpaired) electrons. The number of rotatable bonds is 11. The van der Waals surface area contributed by atoms with E-state index < -0.39 is 0 Å². The second-order valence-electron chi connectivity index (χ2n) is 7.70. The van der Waals surface area contributed by atoms with Crippen molar-refractivity contribution in [2.45, 2.75) is 51.8 Å². The largest absolute Gasteiger partial charge is 0.179 e. The molecule has 8 heteroatoms. The van der Waals surface area contributed by atoms with Gasteiger partial charge in [0.2, 0.25) is 0 Å². The van der Waals surface area contributed by atoms with Crippen LogP contribution in [0.4, 0.5) is 0 Å². The van der Waals surface area contributed by atoms with E-state index in [1.54, 1.807) is 0 Å². The first-order valence-corrected chi connectivity index (χ1v) is 17.7. The van der Waals surface area contributed by atoms with E-state index in [1.807, 2.05) is 0 Å². The summed E-state index contributed by atoms with van der Waals surface area (Å²) in [5.41, 5.74) is 0. The van der Waals surface area contributed by atoms with Gasteiger partial charge in [-0.1, -0.05) is 0 Å². The van der Waals surface area contributed by atoms with Gasteiger partial charge in [-0.15, -0.1) is 47.0 Å². The lowest BCUT2D eigenvalue weighted by atomic mass is 9.84. The van der Waals surface area contributed by atoms with Gasteiger partial charge in [0.15, 0.2) is 0 Å². The molecule has 1 aliphatic carbocycles. The first kappa shape index (κ1) is 24.4. The summed E-state index contributed by atoms with van der Waals surface area (Å²) in [5.74, 6) is 12.3. The van der Waals surface area contributed by atoms with Gasteiger partial charge in [0, 0.05) is 39.3 Å². The van der Waals surface area contributed by atoms with E-state index in [1.165, 1.54) is 66.6 Å². The van der Waals surface area contributed by atoms with Crippen molar-refractivity contribution in [3.63, 3.8) is 0 Å². The predicted octanol–water partition coefficient (Wildman–Crippen LogP) is 6.86. The molecular weight excluding hydrogens is 485 g/mol. The summed E-state index contributed by atoms with van der Waals surface area (Å²) < 4.78 is 1.68. The highest BCUT2D eigenvalue weighted by Gasteiger charge is 2.27. The zero-order valence-electron chi connectivity index (χ0n) is 16.0. The third-order valence-corrected chi connectivity index (χ3v) is 16.4. The minimum Gasteiger partial charge on any atom is -0.179 e. The lowest BCUT2D eigenvalue weighted by Crippen LogP contribution is -2.18. The first-order valence-electron chi connectivity index (χ1n) is 10.2. The summed E-state index contributed by atoms with van der Waals surface area (Å²) in [7, 11) is 0. The molecule has 2 aliphatic heterocycles. The van der Waals surface area contributed by atoms with Gasteiger partial charge in [0.05, 0.1) is 9.16 Å². The van der Waals surface area contributed by atoms with Crippen LogP contribution in [0.3, 0.4) is 0 Å². The van der Waals surface area contributed by atoms with Crippen molar-refractivity contribution in [1.82, 2.24) is 0 Å². The number of hydrogen-bond acceptors (Lipinski definition) is 8. The fourth-order valence-electron chi connectivity index (χ4n) is 3.81. The van der Waals surface area contributed by atoms with Crippen LogP contribution in [0.5, 0.6) is 0 Å². The summed E-state index contributed by atoms with van der Waals surface area (Å²) in [4.78, 5) is 0. The van der Waals surface area contributed by atoms with Crippen LogP contribution >= 0.6 is 95.8 Å². The van der Waals surface area contributed by atoms with Gasteiger partial charge in [-0.2, -0.15) is 48.8 Å². The highest BCUT2D eigenvalue weighted by molar-refractivity contribution is 8.22. The minimum atomic E-state index is 0.798. The van der Waals surface area contributed by atoms with Gasteiger partial charge >= 0.3 is 0 Å². The molecule has 3 rings (SSSR count). The Labute approximate surface area is 203 Å². The summed E-state index contributed by atoms with van der Waals surface area (Å²) in [6.45, 7) is 0. The fourth-order valence-corrected chi connectivity index (χ4v) is 14.9. The van der Waals surface area contributed by atoms with Crippen LogP contribution in [0.15, 0.2) is 0 Å². The van der Waals surface area contributed by atoms with Crippen molar-refractivity contribution in [2.24, 2.45) is 11.8 Å². The Hall–Kier alpha value is 2.80. The van der Waals surface area contributed by atoms with Crippen LogP contribution in [0.25, 0.3) is 0 Å². The lowest BCUT2D eigenvalue weighted by molar-refractivity contribution is 0.315. The van der Waals surface area contributed by atoms with Gasteiger partial charge in [-0.05, 0) is 61.2 Å². The molecule has 0 N–H and O–H groups in total. The quantitative estimate of drug-likeness (QED) is 0.285. The fraction of sp³-hybridized carbons (Fsp3) is 1.00. The Bertz CT molecular complexity index is 401. The van der Waals surface area contributed by atoms with Crippen molar-refractivity contribution >= 4 is 95.8 Å². The van der Waals surface area contributed by atoms with E-state index in [4.69, 9.17) is 0 Å². The summed E-state index contributed by atoms with van der Waals surface area (Å²) in [6, 6.07) is 0. The molecule has 0 aromatic rings. The monoisotopic (exact) mass is 518 g/mol. The Morgan fingerprint density at radius 1 is 0.704 bits per heavy atom. The topological polar surface area (TPSA) is 0 Å². The molecular formula is C19H34S8. The molecule has 2 heterocycles. The van der Waals surface area contributed by atoms with Crippen molar-refractivity contribution in [1.29, 1.82) is 0 Å². The van der Waals surface area contributed by atoms with Crippen molar-refractivity contribution in [3.05, 3.63) is 0 Å². The number of thioether (sulfide) groups is 6. The maximum absolute atomic E-state index is 4.45. The predicted molar refractivity (Wildman–Crippen MR) is 148 cm³/mol. The SMILES string of the molecule is SCCC1CSC(CSCC2CCC(CSCC3SCC(CS)S3)CC2)S1. The molecule has 0 bridgehead atoms. The Morgan fingerprint density at radius 3 is 1.70 bits per heavy atom. The van der Waals surface area contributed by atoms with E-state index in [2.05, 4.69) is 95.8 Å². The molecule has 4 atom stereocenters. The van der Waals surface area contributed by atoms with Gasteiger partial charge in [-0.25, -0.2) is 0 Å². The molecule has 158 valence electrons. The third kappa shape index (κ3) is 9.05. The molecule has 0 aromatic heterocycles. The molecule has 2 saturated heterocycles. The molecule has 27 heavy (non-hydrogen) atoms. The maximum Gasteiger partial charge on any atom is 0.0596 e. The molecule has 0 nitrogen and oxygen atoms in total. The van der Waals surface area contributed by atoms with Gasteiger partial charge in [-0.3, -0.25) is 0 Å². The van der Waals surface area contributed by atoms with Crippen LogP contribution in [0, 0.1) is 11.8 Å². The second-order valence-corrected chi connectivity index (χ2v) is 16.7. The third-order valence-electron chi connectivity index (χ3n) is 5.46. The highest BCUT2D eigenvalue weighted by Crippen LogP contribution is 2.43. The van der Waals surface area contributed by atoms with Crippen molar-refractivity contribution in [3.8, 4) is 0 Å². The van der Waals surface area contributed by atoms with Crippen LogP contribution in [-0.2, 0) is 0 Å². The van der Waals surface area contributed by atoms with Gasteiger partial charge < -0.3 is 0 Å². The summed E-state index contributed by atoms with van der Waals surface area (Å²) >= 11 is 22.1. The molecule has 1 saturated carbocycles. The smallest absolute Gasteiger partial charge is 0.0596 e. The molecule has 3 fully saturated rings.